The Morgan fingerprint density at radius 3 is 2.83 bits per heavy atom. The molecule has 0 saturated carbocycles. The highest BCUT2D eigenvalue weighted by Crippen LogP contribution is 2.19. The standard InChI is InChI=1S/C11H7BrN2O4/c12-7-2-1-3-13-9(7)14-10(15)8-4-6(5-18-8)11(16)17/h1-5H,(H,16,17)(H,13,14,15). The number of aromatic carboxylic acids is 1. The first kappa shape index (κ1) is 12.3. The minimum absolute atomic E-state index is 0.0831. The molecule has 2 heterocycles. The molecule has 0 aromatic carbocycles. The molecule has 0 radical (unpaired) electrons. The Morgan fingerprint density at radius 2 is 2.22 bits per heavy atom. The van der Waals surface area contributed by atoms with Crippen molar-refractivity contribution in [3.05, 3.63) is 46.5 Å². The van der Waals surface area contributed by atoms with Crippen LogP contribution < -0.4 is 5.32 Å². The number of furan rings is 1. The first-order valence-corrected chi connectivity index (χ1v) is 5.61. The van der Waals surface area contributed by atoms with Gasteiger partial charge in [0, 0.05) is 12.3 Å². The number of carbonyl (C=O) groups is 2. The van der Waals surface area contributed by atoms with Gasteiger partial charge in [0.05, 0.1) is 10.0 Å². The molecule has 1 amide bonds. The summed E-state index contributed by atoms with van der Waals surface area (Å²) < 4.78 is 5.48. The van der Waals surface area contributed by atoms with E-state index in [1.165, 1.54) is 6.20 Å². The van der Waals surface area contributed by atoms with Gasteiger partial charge in [-0.15, -0.1) is 0 Å². The second-order valence-corrected chi connectivity index (χ2v) is 4.15. The minimum atomic E-state index is -1.16. The quantitative estimate of drug-likeness (QED) is 0.908. The zero-order valence-corrected chi connectivity index (χ0v) is 10.5. The van der Waals surface area contributed by atoms with Crippen LogP contribution in [0.15, 0.2) is 39.5 Å². The van der Waals surface area contributed by atoms with Crippen LogP contribution in [-0.4, -0.2) is 22.0 Å². The van der Waals surface area contributed by atoms with E-state index in [1.807, 2.05) is 0 Å². The molecular formula is C11H7BrN2O4. The van der Waals surface area contributed by atoms with Crippen molar-refractivity contribution < 1.29 is 19.1 Å². The number of amides is 1. The molecule has 0 spiro atoms. The minimum Gasteiger partial charge on any atom is -0.478 e. The molecule has 2 aromatic rings. The number of carboxylic acid groups (broad SMARTS) is 1. The number of aromatic nitrogens is 1. The van der Waals surface area contributed by atoms with Crippen LogP contribution in [0.2, 0.25) is 0 Å². The number of nitrogens with one attached hydrogen (secondary N) is 1. The number of pyridine rings is 1. The van der Waals surface area contributed by atoms with Gasteiger partial charge in [0.15, 0.2) is 5.76 Å². The lowest BCUT2D eigenvalue weighted by Crippen LogP contribution is -2.12. The van der Waals surface area contributed by atoms with E-state index in [9.17, 15) is 9.59 Å². The summed E-state index contributed by atoms with van der Waals surface area (Å²) >= 11 is 3.22. The Bertz CT molecular complexity index is 609. The predicted molar refractivity (Wildman–Crippen MR) is 65.6 cm³/mol. The molecule has 0 aliphatic rings. The van der Waals surface area contributed by atoms with E-state index in [-0.39, 0.29) is 11.3 Å². The third-order valence-corrected chi connectivity index (χ3v) is 2.70. The Morgan fingerprint density at radius 1 is 1.44 bits per heavy atom. The molecule has 0 fully saturated rings. The molecule has 0 aliphatic carbocycles. The van der Waals surface area contributed by atoms with Crippen molar-refractivity contribution in [2.45, 2.75) is 0 Å². The molecule has 0 atom stereocenters. The number of hydrogen-bond acceptors (Lipinski definition) is 4. The number of carboxylic acids is 1. The zero-order valence-electron chi connectivity index (χ0n) is 8.88. The first-order chi connectivity index (χ1) is 8.58. The number of hydrogen-bond donors (Lipinski definition) is 2. The van der Waals surface area contributed by atoms with Gasteiger partial charge in [-0.1, -0.05) is 0 Å². The maximum absolute atomic E-state index is 11.7. The average Bonchev–Trinajstić information content (AvgIpc) is 2.81. The number of carbonyl (C=O) groups excluding carboxylic acids is 1. The molecular weight excluding hydrogens is 304 g/mol. The molecule has 0 bridgehead atoms. The second kappa shape index (κ2) is 5.01. The third kappa shape index (κ3) is 2.57. The molecule has 2 rings (SSSR count). The van der Waals surface area contributed by atoms with E-state index < -0.39 is 11.9 Å². The van der Waals surface area contributed by atoms with Crippen molar-refractivity contribution in [1.29, 1.82) is 0 Å². The van der Waals surface area contributed by atoms with E-state index >= 15 is 0 Å². The van der Waals surface area contributed by atoms with Crippen LogP contribution in [0, 0.1) is 0 Å². The van der Waals surface area contributed by atoms with E-state index in [1.54, 1.807) is 12.1 Å². The first-order valence-electron chi connectivity index (χ1n) is 4.81. The van der Waals surface area contributed by atoms with Gasteiger partial charge < -0.3 is 14.8 Å². The highest BCUT2D eigenvalue weighted by molar-refractivity contribution is 9.10. The van der Waals surface area contributed by atoms with Gasteiger partial charge in [0.25, 0.3) is 5.91 Å². The number of halogens is 1. The predicted octanol–water partition coefficient (Wildman–Crippen LogP) is 2.39. The van der Waals surface area contributed by atoms with Crippen molar-refractivity contribution in [2.75, 3.05) is 5.32 Å². The fraction of sp³-hybridized carbons (Fsp3) is 0. The topological polar surface area (TPSA) is 92.4 Å². The number of anilines is 1. The lowest BCUT2D eigenvalue weighted by molar-refractivity contribution is 0.0696. The van der Waals surface area contributed by atoms with E-state index in [2.05, 4.69) is 26.2 Å². The molecule has 0 unspecified atom stereocenters. The van der Waals surface area contributed by atoms with E-state index in [4.69, 9.17) is 9.52 Å². The summed E-state index contributed by atoms with van der Waals surface area (Å²) in [5.74, 6) is -1.49. The molecule has 92 valence electrons. The van der Waals surface area contributed by atoms with Crippen LogP contribution in [0.3, 0.4) is 0 Å². The summed E-state index contributed by atoms with van der Waals surface area (Å²) in [7, 11) is 0. The number of rotatable bonds is 3. The summed E-state index contributed by atoms with van der Waals surface area (Å²) in [6, 6.07) is 4.57. The molecule has 0 saturated heterocycles. The molecule has 2 aromatic heterocycles. The van der Waals surface area contributed by atoms with Gasteiger partial charge in [-0.25, -0.2) is 9.78 Å². The molecule has 7 heteroatoms. The summed E-state index contributed by atoms with van der Waals surface area (Å²) in [4.78, 5) is 26.3. The third-order valence-electron chi connectivity index (χ3n) is 2.06. The molecule has 0 aliphatic heterocycles. The largest absolute Gasteiger partial charge is 0.478 e. The van der Waals surface area contributed by atoms with Gasteiger partial charge >= 0.3 is 5.97 Å². The van der Waals surface area contributed by atoms with Crippen molar-refractivity contribution in [3.63, 3.8) is 0 Å². The van der Waals surface area contributed by atoms with Crippen LogP contribution in [0.5, 0.6) is 0 Å². The van der Waals surface area contributed by atoms with E-state index in [0.29, 0.717) is 10.3 Å². The lowest BCUT2D eigenvalue weighted by Gasteiger charge is -2.03. The summed E-state index contributed by atoms with van der Waals surface area (Å²) in [5.41, 5.74) is -0.0831. The lowest BCUT2D eigenvalue weighted by atomic mass is 10.3. The molecule has 6 nitrogen and oxygen atoms in total. The highest BCUT2D eigenvalue weighted by atomic mass is 79.9. The summed E-state index contributed by atoms with van der Waals surface area (Å²) in [6.07, 6.45) is 2.52. The normalized spacial score (nSPS) is 10.1. The van der Waals surface area contributed by atoms with E-state index in [0.717, 1.165) is 12.3 Å². The Balaban J connectivity index is 2.17. The van der Waals surface area contributed by atoms with Crippen molar-refractivity contribution >= 4 is 33.6 Å². The fourth-order valence-electron chi connectivity index (χ4n) is 1.21. The van der Waals surface area contributed by atoms with Gasteiger partial charge in [0.1, 0.15) is 12.1 Å². The molecule has 18 heavy (non-hydrogen) atoms. The van der Waals surface area contributed by atoms with Crippen molar-refractivity contribution in [2.24, 2.45) is 0 Å². The Kier molecular flexibility index (Phi) is 3.42. The van der Waals surface area contributed by atoms with Gasteiger partial charge in [-0.3, -0.25) is 4.79 Å². The summed E-state index contributed by atoms with van der Waals surface area (Å²) in [5, 5.41) is 11.2. The van der Waals surface area contributed by atoms with Crippen molar-refractivity contribution in [1.82, 2.24) is 4.98 Å². The SMILES string of the molecule is O=C(O)c1coc(C(=O)Nc2ncccc2Br)c1. The van der Waals surface area contributed by atoms with Crippen molar-refractivity contribution in [3.8, 4) is 0 Å². The molecule has 2 N–H and O–H groups in total. The van der Waals surface area contributed by atoms with Crippen LogP contribution in [0.25, 0.3) is 0 Å². The Labute approximate surface area is 110 Å². The Hall–Kier alpha value is -2.15. The smallest absolute Gasteiger partial charge is 0.338 e. The monoisotopic (exact) mass is 310 g/mol. The van der Waals surface area contributed by atoms with Crippen LogP contribution in [0.4, 0.5) is 5.82 Å². The summed E-state index contributed by atoms with van der Waals surface area (Å²) in [6.45, 7) is 0. The highest BCUT2D eigenvalue weighted by Gasteiger charge is 2.15. The second-order valence-electron chi connectivity index (χ2n) is 3.29. The number of nitrogens with zero attached hydrogens (tertiary/aromatic N) is 1. The average molecular weight is 311 g/mol. The maximum Gasteiger partial charge on any atom is 0.338 e. The van der Waals surface area contributed by atoms with Gasteiger partial charge in [-0.05, 0) is 28.1 Å². The maximum atomic E-state index is 11.7. The van der Waals surface area contributed by atoms with Gasteiger partial charge in [-0.2, -0.15) is 0 Å². The zero-order chi connectivity index (χ0) is 13.1. The van der Waals surface area contributed by atoms with Gasteiger partial charge in [0.2, 0.25) is 0 Å². The fourth-order valence-corrected chi connectivity index (χ4v) is 1.57. The van der Waals surface area contributed by atoms with Crippen LogP contribution in [-0.2, 0) is 0 Å². The van der Waals surface area contributed by atoms with Crippen LogP contribution in [0.1, 0.15) is 20.9 Å². The van der Waals surface area contributed by atoms with Crippen LogP contribution >= 0.6 is 15.9 Å².